The van der Waals surface area contributed by atoms with E-state index in [1.165, 1.54) is 34.9 Å². The van der Waals surface area contributed by atoms with Crippen LogP contribution < -0.4 is 0 Å². The first kappa shape index (κ1) is 13.2. The van der Waals surface area contributed by atoms with Crippen molar-refractivity contribution in [1.82, 2.24) is 0 Å². The number of halogens is 1. The maximum absolute atomic E-state index is 6.06. The molecule has 0 aliphatic heterocycles. The van der Waals surface area contributed by atoms with Gasteiger partial charge < -0.3 is 0 Å². The molecule has 0 N–H and O–H groups in total. The van der Waals surface area contributed by atoms with E-state index in [9.17, 15) is 0 Å². The minimum absolute atomic E-state index is 1.33. The predicted octanol–water partition coefficient (Wildman–Crippen LogP) is 4.78. The molecule has 76 valence electrons. The van der Waals surface area contributed by atoms with Crippen LogP contribution in [0.2, 0.25) is 15.6 Å². The monoisotopic (exact) mass is 272 g/mol. The quantitative estimate of drug-likeness (QED) is 0.601. The fraction of sp³-hybridized carbons (Fsp3) is 1.00. The SMILES string of the molecule is CCC[AsH](CCC)(CCC)SCl. The minimum atomic E-state index is -1.60. The van der Waals surface area contributed by atoms with Gasteiger partial charge in [-0.2, -0.15) is 0 Å². The second-order valence-electron chi connectivity index (χ2n) is 3.51. The molecule has 0 atom stereocenters. The zero-order valence-corrected chi connectivity index (χ0v) is 12.2. The zero-order valence-electron chi connectivity index (χ0n) is 8.53. The van der Waals surface area contributed by atoms with Crippen LogP contribution in [0.25, 0.3) is 0 Å². The van der Waals surface area contributed by atoms with Crippen LogP contribution in [0.15, 0.2) is 0 Å². The second kappa shape index (κ2) is 7.59. The van der Waals surface area contributed by atoms with E-state index in [2.05, 4.69) is 20.8 Å². The van der Waals surface area contributed by atoms with Crippen LogP contribution in [0.3, 0.4) is 0 Å². The molecule has 0 rings (SSSR count). The third-order valence-corrected chi connectivity index (χ3v) is 21.8. The van der Waals surface area contributed by atoms with Gasteiger partial charge in [0.1, 0.15) is 0 Å². The fourth-order valence-electron chi connectivity index (χ4n) is 1.86. The van der Waals surface area contributed by atoms with Crippen molar-refractivity contribution >= 4 is 32.3 Å². The standard InChI is InChI=1S/C9H22AsClS/c1-4-7-10(12-11,8-5-2)9-6-3/h10H,4-9H2,1-3H3. The maximum atomic E-state index is 6.06. The van der Waals surface area contributed by atoms with Crippen molar-refractivity contribution in [3.05, 3.63) is 0 Å². The summed E-state index contributed by atoms with van der Waals surface area (Å²) >= 11 is -1.60. The summed E-state index contributed by atoms with van der Waals surface area (Å²) in [6.45, 7) is 6.87. The summed E-state index contributed by atoms with van der Waals surface area (Å²) in [6.07, 6.45) is 4.00. The summed E-state index contributed by atoms with van der Waals surface area (Å²) in [4.78, 5) is 0. The van der Waals surface area contributed by atoms with E-state index in [1.54, 1.807) is 9.24 Å². The van der Waals surface area contributed by atoms with Gasteiger partial charge in [0.2, 0.25) is 0 Å². The second-order valence-corrected chi connectivity index (χ2v) is 19.7. The Morgan fingerprint density at radius 2 is 1.25 bits per heavy atom. The van der Waals surface area contributed by atoms with E-state index < -0.39 is 12.4 Å². The summed E-state index contributed by atoms with van der Waals surface area (Å²) in [5.41, 5.74) is 0. The molecule has 0 amide bonds. The van der Waals surface area contributed by atoms with Gasteiger partial charge in [-0.05, 0) is 0 Å². The van der Waals surface area contributed by atoms with Crippen molar-refractivity contribution in [2.45, 2.75) is 55.7 Å². The average Bonchev–Trinajstić information content (AvgIpc) is 2.06. The van der Waals surface area contributed by atoms with Crippen molar-refractivity contribution in [2.24, 2.45) is 0 Å². The molecule has 0 aromatic heterocycles. The molecule has 3 heteroatoms. The van der Waals surface area contributed by atoms with Crippen LogP contribution in [0.4, 0.5) is 0 Å². The van der Waals surface area contributed by atoms with Gasteiger partial charge in [0.05, 0.1) is 0 Å². The Bertz CT molecular complexity index is 91.7. The molecule has 0 unspecified atom stereocenters. The van der Waals surface area contributed by atoms with Crippen LogP contribution in [0.1, 0.15) is 40.0 Å². The van der Waals surface area contributed by atoms with Crippen molar-refractivity contribution in [3.8, 4) is 0 Å². The molecule has 0 bridgehead atoms. The van der Waals surface area contributed by atoms with Crippen molar-refractivity contribution in [3.63, 3.8) is 0 Å². The van der Waals surface area contributed by atoms with Gasteiger partial charge in [-0.3, -0.25) is 0 Å². The molecule has 0 aliphatic rings. The van der Waals surface area contributed by atoms with Crippen LogP contribution in [-0.2, 0) is 0 Å². The number of hydrogen-bond acceptors (Lipinski definition) is 1. The average molecular weight is 273 g/mol. The Morgan fingerprint density at radius 3 is 1.42 bits per heavy atom. The first-order valence-corrected chi connectivity index (χ1v) is 13.7. The van der Waals surface area contributed by atoms with Crippen molar-refractivity contribution < 1.29 is 0 Å². The Morgan fingerprint density at radius 1 is 0.917 bits per heavy atom. The van der Waals surface area contributed by atoms with Crippen LogP contribution in [0.5, 0.6) is 0 Å². The molecule has 0 saturated carbocycles. The van der Waals surface area contributed by atoms with Gasteiger partial charge in [0.25, 0.3) is 0 Å². The summed E-state index contributed by atoms with van der Waals surface area (Å²) in [5.74, 6) is 0. The first-order chi connectivity index (χ1) is 5.74. The van der Waals surface area contributed by atoms with Gasteiger partial charge in [0, 0.05) is 0 Å². The van der Waals surface area contributed by atoms with Gasteiger partial charge in [-0.15, -0.1) is 0 Å². The van der Waals surface area contributed by atoms with Crippen molar-refractivity contribution in [1.29, 1.82) is 0 Å². The molecular weight excluding hydrogens is 251 g/mol. The molecule has 12 heavy (non-hydrogen) atoms. The fourth-order valence-corrected chi connectivity index (χ4v) is 17.6. The Kier molecular flexibility index (Phi) is 8.35. The molecule has 0 spiro atoms. The van der Waals surface area contributed by atoms with Crippen molar-refractivity contribution in [2.75, 3.05) is 0 Å². The summed E-state index contributed by atoms with van der Waals surface area (Å²) < 4.78 is 0. The normalized spacial score (nSPS) is 13.3. The Labute approximate surface area is 87.8 Å². The predicted molar refractivity (Wildman–Crippen MR) is 65.9 cm³/mol. The van der Waals surface area contributed by atoms with Gasteiger partial charge in [0.15, 0.2) is 0 Å². The summed E-state index contributed by atoms with van der Waals surface area (Å²) in [7, 11) is 7.81. The van der Waals surface area contributed by atoms with Gasteiger partial charge >= 0.3 is 88.0 Å². The van der Waals surface area contributed by atoms with E-state index in [0.29, 0.717) is 0 Å². The molecule has 0 aliphatic carbocycles. The first-order valence-electron chi connectivity index (χ1n) is 5.04. The molecule has 0 radical (unpaired) electrons. The van der Waals surface area contributed by atoms with E-state index in [4.69, 9.17) is 10.7 Å². The summed E-state index contributed by atoms with van der Waals surface area (Å²) in [6, 6.07) is 0. The third kappa shape index (κ3) is 4.44. The third-order valence-electron chi connectivity index (χ3n) is 2.28. The molecule has 0 nitrogen and oxygen atoms in total. The molecule has 0 aromatic rings. The number of rotatable bonds is 7. The molecule has 0 saturated heterocycles. The molecular formula is C9H22AsClS. The molecule has 0 aromatic carbocycles. The van der Waals surface area contributed by atoms with Gasteiger partial charge in [-0.25, -0.2) is 0 Å². The van der Waals surface area contributed by atoms with Crippen LogP contribution in [0, 0.1) is 0 Å². The molecule has 0 fully saturated rings. The van der Waals surface area contributed by atoms with Crippen LogP contribution >= 0.6 is 19.9 Å². The van der Waals surface area contributed by atoms with E-state index in [1.807, 2.05) is 0 Å². The summed E-state index contributed by atoms with van der Waals surface area (Å²) in [5, 5.41) is 4.36. The van der Waals surface area contributed by atoms with Gasteiger partial charge in [-0.1, -0.05) is 0 Å². The Hall–Kier alpha value is 1.20. The van der Waals surface area contributed by atoms with E-state index in [-0.39, 0.29) is 0 Å². The van der Waals surface area contributed by atoms with E-state index >= 15 is 0 Å². The molecule has 0 heterocycles. The number of hydrogen-bond donors (Lipinski definition) is 0. The van der Waals surface area contributed by atoms with Crippen LogP contribution in [-0.4, -0.2) is 12.4 Å². The Balaban J connectivity index is 4.06. The zero-order chi connectivity index (χ0) is 9.45. The van der Waals surface area contributed by atoms with E-state index in [0.717, 1.165) is 0 Å². The topological polar surface area (TPSA) is 0 Å².